The summed E-state index contributed by atoms with van der Waals surface area (Å²) in [6, 6.07) is 7.42. The first kappa shape index (κ1) is 13.7. The van der Waals surface area contributed by atoms with Gasteiger partial charge in [0.25, 0.3) is 5.91 Å². The molecule has 0 spiro atoms. The second kappa shape index (κ2) is 5.63. The van der Waals surface area contributed by atoms with E-state index in [9.17, 15) is 4.79 Å². The Kier molecular flexibility index (Phi) is 3.68. The van der Waals surface area contributed by atoms with Crippen molar-refractivity contribution < 1.29 is 9.21 Å². The summed E-state index contributed by atoms with van der Waals surface area (Å²) < 4.78 is 7.52. The number of para-hydroxylation sites is 1. The Morgan fingerprint density at radius 2 is 2.29 bits per heavy atom. The van der Waals surface area contributed by atoms with Crippen molar-refractivity contribution >= 4 is 28.6 Å². The fraction of sp³-hybridized carbons (Fsp3) is 0.143. The number of aryl methyl sites for hydroxylation is 1. The Labute approximate surface area is 125 Å². The molecule has 3 rings (SSSR count). The van der Waals surface area contributed by atoms with Gasteiger partial charge in [0.15, 0.2) is 0 Å². The number of nitrogens with one attached hydrogen (secondary N) is 1. The summed E-state index contributed by atoms with van der Waals surface area (Å²) in [5, 5.41) is 4.88. The van der Waals surface area contributed by atoms with Crippen molar-refractivity contribution in [3.8, 4) is 0 Å². The number of nitrogens with zero attached hydrogens (tertiary/aromatic N) is 2. The zero-order valence-electron chi connectivity index (χ0n) is 11.4. The average molecular weight is 302 g/mol. The van der Waals surface area contributed by atoms with Gasteiger partial charge in [0.05, 0.1) is 17.5 Å². The number of hydrazine groups is 1. The van der Waals surface area contributed by atoms with Crippen LogP contribution in [0.25, 0.3) is 11.0 Å². The molecular formula is C14H14N4O2S. The fourth-order valence-corrected chi connectivity index (χ4v) is 2.99. The van der Waals surface area contributed by atoms with E-state index in [-0.39, 0.29) is 5.91 Å². The van der Waals surface area contributed by atoms with Crippen molar-refractivity contribution in [1.29, 1.82) is 0 Å². The molecule has 0 atom stereocenters. The van der Waals surface area contributed by atoms with E-state index in [1.165, 1.54) is 0 Å². The zero-order chi connectivity index (χ0) is 14.8. The monoisotopic (exact) mass is 302 g/mol. The lowest BCUT2D eigenvalue weighted by molar-refractivity contribution is 0.0953. The molecule has 21 heavy (non-hydrogen) atoms. The Morgan fingerprint density at radius 1 is 1.48 bits per heavy atom. The number of hydrogen-bond acceptors (Lipinski definition) is 5. The molecule has 1 aromatic carbocycles. The molecule has 2 aromatic heterocycles. The average Bonchev–Trinajstić information content (AvgIpc) is 3.07. The lowest BCUT2D eigenvalue weighted by atomic mass is 10.1. The van der Waals surface area contributed by atoms with E-state index in [1.807, 2.05) is 37.5 Å². The minimum atomic E-state index is -0.346. The number of nitrogen functional groups attached to an aromatic ring is 1. The van der Waals surface area contributed by atoms with Gasteiger partial charge in [-0.1, -0.05) is 18.2 Å². The molecule has 0 fully saturated rings. The number of nitrogens with two attached hydrogens (primary N) is 1. The van der Waals surface area contributed by atoms with Crippen LogP contribution in [0.4, 0.5) is 0 Å². The Morgan fingerprint density at radius 3 is 3.00 bits per heavy atom. The lowest BCUT2D eigenvalue weighted by Crippen LogP contribution is -2.30. The third-order valence-electron chi connectivity index (χ3n) is 3.08. The maximum absolute atomic E-state index is 12.0. The molecule has 3 N–H and O–H groups in total. The van der Waals surface area contributed by atoms with E-state index < -0.39 is 0 Å². The van der Waals surface area contributed by atoms with Gasteiger partial charge in [-0.3, -0.25) is 14.9 Å². The minimum absolute atomic E-state index is 0.346. The normalized spacial score (nSPS) is 11.0. The van der Waals surface area contributed by atoms with E-state index in [4.69, 9.17) is 10.3 Å². The van der Waals surface area contributed by atoms with Gasteiger partial charge in [0.1, 0.15) is 11.3 Å². The first-order chi connectivity index (χ1) is 10.2. The summed E-state index contributed by atoms with van der Waals surface area (Å²) >= 11 is 1.55. The molecular weight excluding hydrogens is 288 g/mol. The van der Waals surface area contributed by atoms with Crippen LogP contribution in [-0.2, 0) is 12.8 Å². The van der Waals surface area contributed by atoms with Crippen molar-refractivity contribution in [2.75, 3.05) is 0 Å². The predicted octanol–water partition coefficient (Wildman–Crippen LogP) is 2.06. The zero-order valence-corrected chi connectivity index (χ0v) is 12.2. The summed E-state index contributed by atoms with van der Waals surface area (Å²) in [6.45, 7) is 0. The molecule has 0 aliphatic carbocycles. The van der Waals surface area contributed by atoms with E-state index >= 15 is 0 Å². The Hall–Kier alpha value is -2.25. The Balaban J connectivity index is 1.95. The van der Waals surface area contributed by atoms with Crippen molar-refractivity contribution in [2.45, 2.75) is 10.6 Å². The highest BCUT2D eigenvalue weighted by atomic mass is 32.2. The first-order valence-corrected chi connectivity index (χ1v) is 7.30. The molecule has 3 aromatic rings. The van der Waals surface area contributed by atoms with E-state index in [2.05, 4.69) is 10.5 Å². The van der Waals surface area contributed by atoms with Crippen molar-refractivity contribution in [1.82, 2.24) is 15.2 Å². The van der Waals surface area contributed by atoms with Crippen LogP contribution < -0.4 is 11.3 Å². The Bertz CT molecular complexity index is 793. The molecule has 0 radical (unpaired) electrons. The van der Waals surface area contributed by atoms with Crippen molar-refractivity contribution in [3.05, 3.63) is 48.0 Å². The lowest BCUT2D eigenvalue weighted by Gasteiger charge is -2.01. The van der Waals surface area contributed by atoms with Gasteiger partial charge in [-0.2, -0.15) is 5.10 Å². The molecule has 0 saturated heterocycles. The van der Waals surface area contributed by atoms with Gasteiger partial charge in [-0.05, 0) is 6.07 Å². The van der Waals surface area contributed by atoms with Crippen molar-refractivity contribution in [3.63, 3.8) is 0 Å². The molecule has 0 saturated carbocycles. The summed E-state index contributed by atoms with van der Waals surface area (Å²) in [5.74, 6) is 6.06. The number of amides is 1. The molecule has 0 bridgehead atoms. The second-order valence-corrected chi connectivity index (χ2v) is 5.56. The van der Waals surface area contributed by atoms with E-state index in [0.717, 1.165) is 10.3 Å². The van der Waals surface area contributed by atoms with Crippen LogP contribution in [-0.4, -0.2) is 15.7 Å². The minimum Gasteiger partial charge on any atom is -0.459 e. The highest BCUT2D eigenvalue weighted by molar-refractivity contribution is 7.98. The number of fused-ring (bicyclic) bond motifs is 1. The molecule has 2 heterocycles. The smallest absolute Gasteiger partial charge is 0.269 e. The molecule has 108 valence electrons. The van der Waals surface area contributed by atoms with Crippen LogP contribution >= 0.6 is 11.8 Å². The van der Waals surface area contributed by atoms with Gasteiger partial charge in [0, 0.05) is 23.5 Å². The van der Waals surface area contributed by atoms with Crippen LogP contribution in [0.3, 0.4) is 0 Å². The molecule has 0 unspecified atom stereocenters. The number of rotatable bonds is 4. The summed E-state index contributed by atoms with van der Waals surface area (Å²) in [4.78, 5) is 13.0. The van der Waals surface area contributed by atoms with Gasteiger partial charge < -0.3 is 4.42 Å². The first-order valence-electron chi connectivity index (χ1n) is 6.32. The molecule has 6 nitrogen and oxygen atoms in total. The highest BCUT2D eigenvalue weighted by Crippen LogP contribution is 2.31. The number of thioether (sulfide) groups is 1. The second-order valence-electron chi connectivity index (χ2n) is 4.51. The van der Waals surface area contributed by atoms with E-state index in [1.54, 1.807) is 22.6 Å². The van der Waals surface area contributed by atoms with Crippen LogP contribution in [0, 0.1) is 0 Å². The van der Waals surface area contributed by atoms with Crippen LogP contribution in [0.15, 0.2) is 46.0 Å². The van der Waals surface area contributed by atoms with Gasteiger partial charge in [-0.25, -0.2) is 5.84 Å². The van der Waals surface area contributed by atoms with Crippen LogP contribution in [0.2, 0.25) is 0 Å². The topological polar surface area (TPSA) is 86.1 Å². The number of furan rings is 1. The highest BCUT2D eigenvalue weighted by Gasteiger charge is 2.20. The number of benzene rings is 1. The number of carbonyl (C=O) groups excluding carboxylic acids is 1. The number of hydrogen-bond donors (Lipinski definition) is 2. The molecule has 0 aliphatic heterocycles. The molecule has 7 heteroatoms. The summed E-state index contributed by atoms with van der Waals surface area (Å²) in [5.41, 5.74) is 3.35. The largest absolute Gasteiger partial charge is 0.459 e. The van der Waals surface area contributed by atoms with Crippen molar-refractivity contribution in [2.24, 2.45) is 12.9 Å². The number of aromatic nitrogens is 2. The summed E-state index contributed by atoms with van der Waals surface area (Å²) in [6.07, 6.45) is 3.69. The number of carbonyl (C=O) groups is 1. The van der Waals surface area contributed by atoms with E-state index in [0.29, 0.717) is 22.7 Å². The maximum Gasteiger partial charge on any atom is 0.269 e. The molecule has 1 amide bonds. The van der Waals surface area contributed by atoms with Gasteiger partial charge in [0.2, 0.25) is 0 Å². The quantitative estimate of drug-likeness (QED) is 0.333. The third kappa shape index (κ3) is 2.65. The fourth-order valence-electron chi connectivity index (χ4n) is 2.14. The maximum atomic E-state index is 12.0. The van der Waals surface area contributed by atoms with Crippen LogP contribution in [0.5, 0.6) is 0 Å². The molecule has 0 aliphatic rings. The van der Waals surface area contributed by atoms with Gasteiger partial charge >= 0.3 is 0 Å². The van der Waals surface area contributed by atoms with Crippen LogP contribution in [0.1, 0.15) is 16.1 Å². The summed E-state index contributed by atoms with van der Waals surface area (Å²) in [7, 11) is 1.86. The standard InChI is InChI=1S/C14H14N4O2S/c1-18-7-9(6-16-18)21-8-12-13(14(19)17-15)10-4-2-3-5-11(10)20-12/h2-7H,8,15H2,1H3,(H,17,19). The predicted molar refractivity (Wildman–Crippen MR) is 80.6 cm³/mol. The third-order valence-corrected chi connectivity index (χ3v) is 4.03. The van der Waals surface area contributed by atoms with Gasteiger partial charge in [-0.15, -0.1) is 11.8 Å². The SMILES string of the molecule is Cn1cc(SCc2oc3ccccc3c2C(=O)NN)cn1.